The summed E-state index contributed by atoms with van der Waals surface area (Å²) in [6, 6.07) is 5.89. The topological polar surface area (TPSA) is 80.0 Å². The standard InChI is InChI=1S/C20H24N6O/c1-14-12-17(24-19(23-14)16-4-3-7-21-13-16)26-9-5-15(6-10-26)18(27)20-22-8-11-25(20)2/h3-4,7-8,11-13,15,18,27H,5-6,9-10H2,1-2H3. The van der Waals surface area contributed by atoms with Gasteiger partial charge < -0.3 is 14.6 Å². The minimum atomic E-state index is -0.523. The molecule has 0 aliphatic carbocycles. The van der Waals surface area contributed by atoms with Crippen molar-refractivity contribution in [1.82, 2.24) is 24.5 Å². The number of hydrogen-bond donors (Lipinski definition) is 1. The number of piperidine rings is 1. The maximum Gasteiger partial charge on any atom is 0.163 e. The van der Waals surface area contributed by atoms with Gasteiger partial charge >= 0.3 is 0 Å². The Morgan fingerprint density at radius 2 is 2.00 bits per heavy atom. The zero-order valence-electron chi connectivity index (χ0n) is 15.7. The van der Waals surface area contributed by atoms with Crippen LogP contribution in [-0.2, 0) is 7.05 Å². The molecule has 1 fully saturated rings. The molecule has 0 amide bonds. The normalized spacial score (nSPS) is 16.5. The Labute approximate surface area is 158 Å². The molecule has 0 radical (unpaired) electrons. The molecule has 0 spiro atoms. The summed E-state index contributed by atoms with van der Waals surface area (Å²) < 4.78 is 1.89. The second-order valence-electron chi connectivity index (χ2n) is 7.10. The number of rotatable bonds is 4. The lowest BCUT2D eigenvalue weighted by atomic mass is 9.90. The van der Waals surface area contributed by atoms with E-state index in [1.165, 1.54) is 0 Å². The van der Waals surface area contributed by atoms with Gasteiger partial charge in [-0.3, -0.25) is 4.98 Å². The van der Waals surface area contributed by atoms with Gasteiger partial charge in [-0.15, -0.1) is 0 Å². The van der Waals surface area contributed by atoms with Gasteiger partial charge in [0.25, 0.3) is 0 Å². The first-order valence-electron chi connectivity index (χ1n) is 9.28. The van der Waals surface area contributed by atoms with E-state index in [1.807, 2.05) is 42.9 Å². The molecule has 1 aliphatic rings. The maximum atomic E-state index is 10.7. The Kier molecular flexibility index (Phi) is 4.85. The Hall–Kier alpha value is -2.80. The zero-order chi connectivity index (χ0) is 18.8. The van der Waals surface area contributed by atoms with Gasteiger partial charge in [0.15, 0.2) is 5.82 Å². The van der Waals surface area contributed by atoms with Crippen LogP contribution >= 0.6 is 0 Å². The number of aryl methyl sites for hydroxylation is 2. The largest absolute Gasteiger partial charge is 0.385 e. The van der Waals surface area contributed by atoms with E-state index in [0.29, 0.717) is 5.82 Å². The summed E-state index contributed by atoms with van der Waals surface area (Å²) >= 11 is 0. The number of nitrogens with zero attached hydrogens (tertiary/aromatic N) is 6. The summed E-state index contributed by atoms with van der Waals surface area (Å²) in [5.41, 5.74) is 1.86. The van der Waals surface area contributed by atoms with Gasteiger partial charge in [-0.1, -0.05) is 0 Å². The molecule has 0 bridgehead atoms. The minimum Gasteiger partial charge on any atom is -0.385 e. The Morgan fingerprint density at radius 1 is 1.19 bits per heavy atom. The monoisotopic (exact) mass is 364 g/mol. The molecule has 3 aromatic heterocycles. The quantitative estimate of drug-likeness (QED) is 0.766. The molecule has 3 aromatic rings. The van der Waals surface area contributed by atoms with Crippen LogP contribution in [0.4, 0.5) is 5.82 Å². The van der Waals surface area contributed by atoms with Crippen LogP contribution in [0.3, 0.4) is 0 Å². The Morgan fingerprint density at radius 3 is 2.67 bits per heavy atom. The molecule has 27 heavy (non-hydrogen) atoms. The Balaban J connectivity index is 1.48. The van der Waals surface area contributed by atoms with Crippen LogP contribution in [0.2, 0.25) is 0 Å². The second-order valence-corrected chi connectivity index (χ2v) is 7.10. The van der Waals surface area contributed by atoms with Crippen molar-refractivity contribution in [2.45, 2.75) is 25.9 Å². The minimum absolute atomic E-state index is 0.211. The first-order valence-corrected chi connectivity index (χ1v) is 9.28. The van der Waals surface area contributed by atoms with Crippen LogP contribution in [0.5, 0.6) is 0 Å². The van der Waals surface area contributed by atoms with Gasteiger partial charge in [0.2, 0.25) is 0 Å². The fourth-order valence-corrected chi connectivity index (χ4v) is 3.66. The highest BCUT2D eigenvalue weighted by Crippen LogP contribution is 2.31. The van der Waals surface area contributed by atoms with Gasteiger partial charge in [-0.05, 0) is 37.8 Å². The van der Waals surface area contributed by atoms with Gasteiger partial charge in [-0.2, -0.15) is 0 Å². The molecule has 4 heterocycles. The first-order chi connectivity index (χ1) is 13.1. The van der Waals surface area contributed by atoms with Crippen molar-refractivity contribution in [1.29, 1.82) is 0 Å². The van der Waals surface area contributed by atoms with E-state index in [2.05, 4.69) is 19.9 Å². The predicted molar refractivity (Wildman–Crippen MR) is 103 cm³/mol. The van der Waals surface area contributed by atoms with E-state index >= 15 is 0 Å². The highest BCUT2D eigenvalue weighted by Gasteiger charge is 2.29. The number of anilines is 1. The number of aliphatic hydroxyl groups is 1. The summed E-state index contributed by atoms with van der Waals surface area (Å²) in [7, 11) is 1.92. The maximum absolute atomic E-state index is 10.7. The summed E-state index contributed by atoms with van der Waals surface area (Å²) in [5.74, 6) is 2.59. The van der Waals surface area contributed by atoms with E-state index in [4.69, 9.17) is 4.98 Å². The molecule has 1 atom stereocenters. The predicted octanol–water partition coefficient (Wildman–Crippen LogP) is 2.53. The van der Waals surface area contributed by atoms with Crippen molar-refractivity contribution >= 4 is 5.82 Å². The van der Waals surface area contributed by atoms with Crippen LogP contribution < -0.4 is 4.90 Å². The highest BCUT2D eigenvalue weighted by atomic mass is 16.3. The summed E-state index contributed by atoms with van der Waals surface area (Å²) in [4.78, 5) is 20.1. The third-order valence-corrected chi connectivity index (χ3v) is 5.19. The van der Waals surface area contributed by atoms with E-state index in [1.54, 1.807) is 18.6 Å². The van der Waals surface area contributed by atoms with E-state index in [0.717, 1.165) is 48.8 Å². The molecule has 1 saturated heterocycles. The molecule has 0 aromatic carbocycles. The second kappa shape index (κ2) is 7.44. The molecule has 1 N–H and O–H groups in total. The molecule has 4 rings (SSSR count). The first kappa shape index (κ1) is 17.6. The van der Waals surface area contributed by atoms with Crippen LogP contribution in [0.15, 0.2) is 43.0 Å². The summed E-state index contributed by atoms with van der Waals surface area (Å²) in [6.45, 7) is 3.70. The van der Waals surface area contributed by atoms with Crippen LogP contribution in [0.1, 0.15) is 30.5 Å². The summed E-state index contributed by atoms with van der Waals surface area (Å²) in [6.07, 6.45) is 8.42. The average Bonchev–Trinajstić information content (AvgIpc) is 3.13. The third kappa shape index (κ3) is 3.68. The van der Waals surface area contributed by atoms with Gasteiger partial charge in [0.05, 0.1) is 0 Å². The van der Waals surface area contributed by atoms with Crippen molar-refractivity contribution < 1.29 is 5.11 Å². The van der Waals surface area contributed by atoms with Gasteiger partial charge in [-0.25, -0.2) is 15.0 Å². The molecule has 7 heteroatoms. The zero-order valence-corrected chi connectivity index (χ0v) is 15.7. The third-order valence-electron chi connectivity index (χ3n) is 5.19. The molecule has 0 saturated carbocycles. The smallest absolute Gasteiger partial charge is 0.163 e. The highest BCUT2D eigenvalue weighted by molar-refractivity contribution is 5.56. The molecule has 1 unspecified atom stereocenters. The number of pyridine rings is 1. The lowest BCUT2D eigenvalue weighted by Gasteiger charge is -2.34. The van der Waals surface area contributed by atoms with Crippen molar-refractivity contribution in [2.75, 3.05) is 18.0 Å². The summed E-state index contributed by atoms with van der Waals surface area (Å²) in [5, 5.41) is 10.7. The van der Waals surface area contributed by atoms with Crippen molar-refractivity contribution in [3.05, 3.63) is 54.5 Å². The van der Waals surface area contributed by atoms with Crippen LogP contribution in [0.25, 0.3) is 11.4 Å². The van der Waals surface area contributed by atoms with Crippen LogP contribution in [0, 0.1) is 12.8 Å². The number of imidazole rings is 1. The van der Waals surface area contributed by atoms with Gasteiger partial charge in [0, 0.05) is 62.2 Å². The molecule has 1 aliphatic heterocycles. The fourth-order valence-electron chi connectivity index (χ4n) is 3.66. The number of aliphatic hydroxyl groups excluding tert-OH is 1. The molecular formula is C20H24N6O. The molecule has 140 valence electrons. The molecular weight excluding hydrogens is 340 g/mol. The van der Waals surface area contributed by atoms with E-state index in [9.17, 15) is 5.11 Å². The molecule has 7 nitrogen and oxygen atoms in total. The fraction of sp³-hybridized carbons (Fsp3) is 0.400. The van der Waals surface area contributed by atoms with E-state index < -0.39 is 6.10 Å². The number of hydrogen-bond acceptors (Lipinski definition) is 6. The van der Waals surface area contributed by atoms with Crippen molar-refractivity contribution in [3.63, 3.8) is 0 Å². The van der Waals surface area contributed by atoms with E-state index in [-0.39, 0.29) is 5.92 Å². The Bertz CT molecular complexity index is 902. The van der Waals surface area contributed by atoms with Crippen LogP contribution in [-0.4, -0.2) is 42.7 Å². The average molecular weight is 364 g/mol. The lowest BCUT2D eigenvalue weighted by molar-refractivity contribution is 0.0824. The van der Waals surface area contributed by atoms with Crippen molar-refractivity contribution in [3.8, 4) is 11.4 Å². The SMILES string of the molecule is Cc1cc(N2CCC(C(O)c3nccn3C)CC2)nc(-c2cccnc2)n1. The van der Waals surface area contributed by atoms with Crippen molar-refractivity contribution in [2.24, 2.45) is 13.0 Å². The van der Waals surface area contributed by atoms with Gasteiger partial charge in [0.1, 0.15) is 17.7 Å². The number of aromatic nitrogens is 5. The lowest BCUT2D eigenvalue weighted by Crippen LogP contribution is -2.36.